The molecule has 2 aliphatic heterocycles. The van der Waals surface area contributed by atoms with Crippen LogP contribution in [0.25, 0.3) is 5.65 Å². The van der Waals surface area contributed by atoms with Crippen LogP contribution in [0.4, 0.5) is 20.4 Å². The number of aryl methyl sites for hydroxylation is 1. The van der Waals surface area contributed by atoms with E-state index < -0.39 is 18.0 Å². The molecule has 5 heterocycles. The van der Waals surface area contributed by atoms with Crippen molar-refractivity contribution in [1.29, 1.82) is 0 Å². The van der Waals surface area contributed by atoms with E-state index >= 15 is 0 Å². The largest absolute Gasteiger partial charge is 0.381 e. The molecule has 1 fully saturated rings. The van der Waals surface area contributed by atoms with Crippen molar-refractivity contribution in [2.24, 2.45) is 0 Å². The summed E-state index contributed by atoms with van der Waals surface area (Å²) in [5.41, 5.74) is 7.81. The summed E-state index contributed by atoms with van der Waals surface area (Å²) in [6.45, 7) is 0.503. The van der Waals surface area contributed by atoms with Crippen molar-refractivity contribution >= 4 is 23.2 Å². The second kappa shape index (κ2) is 6.64. The fourth-order valence-corrected chi connectivity index (χ4v) is 4.17. The minimum Gasteiger partial charge on any atom is -0.381 e. The number of nitrogens with two attached hydrogens (primary N) is 1. The lowest BCUT2D eigenvalue weighted by molar-refractivity contribution is 0.0955. The van der Waals surface area contributed by atoms with Crippen molar-refractivity contribution in [2.75, 3.05) is 23.7 Å². The van der Waals surface area contributed by atoms with Gasteiger partial charge in [-0.3, -0.25) is 9.78 Å². The summed E-state index contributed by atoms with van der Waals surface area (Å²) in [4.78, 5) is 23.3. The molecule has 8 nitrogen and oxygen atoms in total. The third-order valence-electron chi connectivity index (χ3n) is 5.47. The number of amides is 1. The number of alkyl halides is 1. The van der Waals surface area contributed by atoms with Gasteiger partial charge in [0.05, 0.1) is 18.8 Å². The monoisotopic (exact) mass is 399 g/mol. The number of pyridine rings is 1. The predicted octanol–water partition coefficient (Wildman–Crippen LogP) is 1.81. The lowest BCUT2D eigenvalue weighted by Gasteiger charge is -2.27. The summed E-state index contributed by atoms with van der Waals surface area (Å²) in [6, 6.07) is 2.72. The van der Waals surface area contributed by atoms with Crippen molar-refractivity contribution in [3.8, 4) is 0 Å². The number of fused-ring (bicyclic) bond motifs is 5. The van der Waals surface area contributed by atoms with Crippen LogP contribution in [0.3, 0.4) is 0 Å². The minimum atomic E-state index is -1.08. The van der Waals surface area contributed by atoms with Crippen LogP contribution in [-0.2, 0) is 6.42 Å². The van der Waals surface area contributed by atoms with Gasteiger partial charge in [-0.25, -0.2) is 18.3 Å². The molecule has 0 aliphatic carbocycles. The van der Waals surface area contributed by atoms with E-state index in [0.29, 0.717) is 42.1 Å². The number of carbonyl (C=O) groups excluding carboxylic acids is 1. The molecule has 3 aromatic rings. The Balaban J connectivity index is 1.70. The molecule has 3 N–H and O–H groups in total. The molecule has 1 unspecified atom stereocenters. The Hall–Kier alpha value is -3.30. The standard InChI is InChI=1S/C19H19F2N7O/c20-10-6-12-13(24-8-10)2-1-4-23-19(29)16-17(22)26-28-5-3-15(25-18(16)28)27-9-11(21)7-14(12)27/h3,5-6,8,11,14H,1-2,4,7,9H2,(H2,22,26)(H,23,29)/t11-,14?/m0/s1. The Labute approximate surface area is 164 Å². The third-order valence-corrected chi connectivity index (χ3v) is 5.47. The van der Waals surface area contributed by atoms with E-state index in [-0.39, 0.29) is 30.3 Å². The maximum atomic E-state index is 14.5. The number of nitrogens with one attached hydrogen (secondary N) is 1. The van der Waals surface area contributed by atoms with Gasteiger partial charge in [0.15, 0.2) is 11.5 Å². The van der Waals surface area contributed by atoms with Gasteiger partial charge >= 0.3 is 0 Å². The average molecular weight is 399 g/mol. The Morgan fingerprint density at radius 1 is 1.34 bits per heavy atom. The van der Waals surface area contributed by atoms with Crippen molar-refractivity contribution in [3.63, 3.8) is 0 Å². The molecule has 0 saturated carbocycles. The summed E-state index contributed by atoms with van der Waals surface area (Å²) >= 11 is 0. The summed E-state index contributed by atoms with van der Waals surface area (Å²) in [6.07, 6.45) is 3.07. The van der Waals surface area contributed by atoms with Gasteiger partial charge in [0.25, 0.3) is 5.91 Å². The van der Waals surface area contributed by atoms with Crippen LogP contribution in [0.15, 0.2) is 24.5 Å². The van der Waals surface area contributed by atoms with Gasteiger partial charge in [-0.1, -0.05) is 0 Å². The summed E-state index contributed by atoms with van der Waals surface area (Å²) < 4.78 is 29.9. The maximum absolute atomic E-state index is 14.5. The smallest absolute Gasteiger partial charge is 0.258 e. The molecule has 1 amide bonds. The zero-order valence-corrected chi connectivity index (χ0v) is 15.5. The number of nitrogens with zero attached hydrogens (tertiary/aromatic N) is 5. The van der Waals surface area contributed by atoms with Gasteiger partial charge in [-0.05, 0) is 30.5 Å². The van der Waals surface area contributed by atoms with Crippen LogP contribution in [0, 0.1) is 5.82 Å². The van der Waals surface area contributed by atoms with E-state index in [1.54, 1.807) is 17.2 Å². The first-order chi connectivity index (χ1) is 14.0. The number of carbonyl (C=O) groups is 1. The molecular weight excluding hydrogens is 380 g/mol. The van der Waals surface area contributed by atoms with Gasteiger partial charge in [0.1, 0.15) is 23.4 Å². The van der Waals surface area contributed by atoms with Crippen LogP contribution < -0.4 is 16.0 Å². The molecule has 0 aromatic carbocycles. The van der Waals surface area contributed by atoms with Crippen LogP contribution in [0.1, 0.15) is 40.5 Å². The first-order valence-corrected chi connectivity index (χ1v) is 9.49. The highest BCUT2D eigenvalue weighted by atomic mass is 19.1. The zero-order chi connectivity index (χ0) is 20.1. The van der Waals surface area contributed by atoms with Crippen LogP contribution in [0.2, 0.25) is 0 Å². The normalized spacial score (nSPS) is 21.9. The fraction of sp³-hybridized carbons (Fsp3) is 0.368. The number of aromatic nitrogens is 4. The van der Waals surface area contributed by atoms with E-state index in [1.165, 1.54) is 16.8 Å². The van der Waals surface area contributed by atoms with Gasteiger partial charge < -0.3 is 16.0 Å². The molecule has 2 aliphatic rings. The Morgan fingerprint density at radius 2 is 2.21 bits per heavy atom. The molecule has 0 radical (unpaired) electrons. The number of rotatable bonds is 0. The Kier molecular flexibility index (Phi) is 4.07. The summed E-state index contributed by atoms with van der Waals surface area (Å²) in [7, 11) is 0. The predicted molar refractivity (Wildman–Crippen MR) is 102 cm³/mol. The lowest BCUT2D eigenvalue weighted by atomic mass is 9.99. The summed E-state index contributed by atoms with van der Waals surface area (Å²) in [5.74, 6) is -0.269. The van der Waals surface area contributed by atoms with Crippen molar-refractivity contribution in [3.05, 3.63) is 47.2 Å². The quantitative estimate of drug-likeness (QED) is 0.598. The van der Waals surface area contributed by atoms with Crippen molar-refractivity contribution in [2.45, 2.75) is 31.5 Å². The highest BCUT2D eigenvalue weighted by Crippen LogP contribution is 2.38. The van der Waals surface area contributed by atoms with E-state index in [9.17, 15) is 13.6 Å². The molecule has 5 rings (SSSR count). The average Bonchev–Trinajstić information content (AvgIpc) is 3.23. The van der Waals surface area contributed by atoms with Crippen molar-refractivity contribution < 1.29 is 13.6 Å². The first-order valence-electron chi connectivity index (χ1n) is 9.49. The van der Waals surface area contributed by atoms with Gasteiger partial charge in [-0.2, -0.15) is 0 Å². The third kappa shape index (κ3) is 2.95. The molecule has 3 aromatic heterocycles. The van der Waals surface area contributed by atoms with Gasteiger partial charge in [0, 0.05) is 24.9 Å². The SMILES string of the molecule is Nc1nn2ccc3nc2c1C(=O)NCCCc1ncc(F)cc1C1C[C@H](F)CN31. The van der Waals surface area contributed by atoms with E-state index in [1.807, 2.05) is 0 Å². The van der Waals surface area contributed by atoms with E-state index in [4.69, 9.17) is 5.73 Å². The van der Waals surface area contributed by atoms with Gasteiger partial charge in [0.2, 0.25) is 0 Å². The summed E-state index contributed by atoms with van der Waals surface area (Å²) in [5, 5.41) is 6.97. The highest BCUT2D eigenvalue weighted by molar-refractivity contribution is 6.04. The van der Waals surface area contributed by atoms with E-state index in [2.05, 4.69) is 20.4 Å². The molecule has 150 valence electrons. The molecule has 0 spiro atoms. The molecule has 2 bridgehead atoms. The minimum absolute atomic E-state index is 0.0791. The number of hydrogen-bond acceptors (Lipinski definition) is 6. The van der Waals surface area contributed by atoms with Crippen LogP contribution >= 0.6 is 0 Å². The van der Waals surface area contributed by atoms with Crippen LogP contribution in [0.5, 0.6) is 0 Å². The zero-order valence-electron chi connectivity index (χ0n) is 15.5. The number of nitrogen functional groups attached to an aromatic ring is 1. The number of anilines is 2. The second-order valence-electron chi connectivity index (χ2n) is 7.36. The Bertz CT molecular complexity index is 1120. The second-order valence-corrected chi connectivity index (χ2v) is 7.36. The molecule has 29 heavy (non-hydrogen) atoms. The number of halogens is 2. The molecular formula is C19H19F2N7O. The molecule has 2 atom stereocenters. The fourth-order valence-electron chi connectivity index (χ4n) is 4.17. The highest BCUT2D eigenvalue weighted by Gasteiger charge is 2.36. The van der Waals surface area contributed by atoms with Crippen LogP contribution in [-0.4, -0.2) is 44.8 Å². The lowest BCUT2D eigenvalue weighted by Crippen LogP contribution is -2.26. The number of hydrogen-bond donors (Lipinski definition) is 2. The van der Waals surface area contributed by atoms with Gasteiger partial charge in [-0.15, -0.1) is 5.10 Å². The Morgan fingerprint density at radius 3 is 3.07 bits per heavy atom. The molecule has 1 saturated heterocycles. The van der Waals surface area contributed by atoms with E-state index in [0.717, 1.165) is 0 Å². The first kappa shape index (κ1) is 17.8. The van der Waals surface area contributed by atoms with Crippen molar-refractivity contribution in [1.82, 2.24) is 24.9 Å². The topological polar surface area (TPSA) is 101 Å². The maximum Gasteiger partial charge on any atom is 0.258 e. The molecule has 10 heteroatoms.